The van der Waals surface area contributed by atoms with Gasteiger partial charge in [0.2, 0.25) is 0 Å². The molecule has 3 aromatic rings. The molecule has 0 radical (unpaired) electrons. The number of hydrogen-bond acceptors (Lipinski definition) is 6. The zero-order valence-corrected chi connectivity index (χ0v) is 21.0. The number of phenols is 1. The third-order valence-corrected chi connectivity index (χ3v) is 5.56. The summed E-state index contributed by atoms with van der Waals surface area (Å²) in [6, 6.07) is 12.7. The minimum atomic E-state index is -0.487. The lowest BCUT2D eigenvalue weighted by Crippen LogP contribution is -2.17. The highest BCUT2D eigenvalue weighted by molar-refractivity contribution is 6.37. The largest absolute Gasteiger partial charge is 0.506 e. The van der Waals surface area contributed by atoms with Crippen LogP contribution in [0, 0.1) is 0 Å². The zero-order chi connectivity index (χ0) is 25.4. The molecule has 0 unspecified atom stereocenters. The Morgan fingerprint density at radius 3 is 2.40 bits per heavy atom. The monoisotopic (exact) mass is 534 g/mol. The number of hydrogen-bond donors (Lipinski definition) is 2. The topological polar surface area (TPSA) is 89.4 Å². The predicted octanol–water partition coefficient (Wildman–Crippen LogP) is 6.23. The molecule has 35 heavy (non-hydrogen) atoms. The van der Waals surface area contributed by atoms with Crippen molar-refractivity contribution in [3.8, 4) is 23.0 Å². The molecule has 0 saturated heterocycles. The van der Waals surface area contributed by atoms with E-state index in [2.05, 4.69) is 10.5 Å². The van der Waals surface area contributed by atoms with Crippen LogP contribution >= 0.6 is 34.8 Å². The van der Waals surface area contributed by atoms with Crippen molar-refractivity contribution in [2.75, 3.05) is 20.8 Å². The molecule has 1 amide bonds. The number of carbonyl (C=O) groups excluding carboxylic acids is 1. The highest BCUT2D eigenvalue weighted by atomic mass is 35.5. The van der Waals surface area contributed by atoms with Crippen molar-refractivity contribution in [3.63, 3.8) is 0 Å². The number of rotatable bonds is 9. The molecule has 0 saturated carbocycles. The van der Waals surface area contributed by atoms with Crippen molar-refractivity contribution in [2.45, 2.75) is 0 Å². The fraction of sp³-hybridized carbons (Fsp3) is 0.120. The number of methoxy groups -OCH3 is 2. The van der Waals surface area contributed by atoms with Crippen LogP contribution < -0.4 is 19.6 Å². The average molecular weight is 536 g/mol. The summed E-state index contributed by atoms with van der Waals surface area (Å²) in [6.45, 7) is 0.207. The van der Waals surface area contributed by atoms with Gasteiger partial charge in [-0.05, 0) is 54.1 Å². The summed E-state index contributed by atoms with van der Waals surface area (Å²) < 4.78 is 16.6. The van der Waals surface area contributed by atoms with Crippen LogP contribution in [0.3, 0.4) is 0 Å². The van der Waals surface area contributed by atoms with Crippen molar-refractivity contribution in [2.24, 2.45) is 5.10 Å². The first-order valence-corrected chi connectivity index (χ1v) is 11.3. The fourth-order valence-electron chi connectivity index (χ4n) is 3.02. The quantitative estimate of drug-likeness (QED) is 0.251. The maximum absolute atomic E-state index is 12.3. The van der Waals surface area contributed by atoms with Gasteiger partial charge in [0.15, 0.2) is 17.2 Å². The number of para-hydroxylation sites is 1. The van der Waals surface area contributed by atoms with Gasteiger partial charge in [-0.15, -0.1) is 0 Å². The zero-order valence-electron chi connectivity index (χ0n) is 18.7. The van der Waals surface area contributed by atoms with Crippen LogP contribution in [-0.4, -0.2) is 38.1 Å². The smallest absolute Gasteiger partial charge is 0.271 e. The number of benzene rings is 3. The average Bonchev–Trinajstić information content (AvgIpc) is 2.84. The van der Waals surface area contributed by atoms with Gasteiger partial charge in [-0.3, -0.25) is 4.79 Å². The fourth-order valence-corrected chi connectivity index (χ4v) is 3.71. The van der Waals surface area contributed by atoms with Gasteiger partial charge < -0.3 is 19.3 Å². The molecule has 7 nitrogen and oxygen atoms in total. The molecule has 0 aromatic heterocycles. The molecule has 0 spiro atoms. The number of hydrazone groups is 1. The Balaban J connectivity index is 1.75. The van der Waals surface area contributed by atoms with E-state index in [9.17, 15) is 9.90 Å². The molecule has 0 bridgehead atoms. The summed E-state index contributed by atoms with van der Waals surface area (Å²) in [5.41, 5.74) is 4.00. The van der Waals surface area contributed by atoms with Gasteiger partial charge in [-0.2, -0.15) is 5.10 Å². The molecule has 2 N–H and O–H groups in total. The van der Waals surface area contributed by atoms with Crippen molar-refractivity contribution >= 4 is 53.0 Å². The van der Waals surface area contributed by atoms with E-state index < -0.39 is 5.91 Å². The van der Waals surface area contributed by atoms with Gasteiger partial charge in [0, 0.05) is 11.1 Å². The lowest BCUT2D eigenvalue weighted by atomic mass is 10.1. The number of amides is 1. The van der Waals surface area contributed by atoms with Crippen molar-refractivity contribution in [1.29, 1.82) is 0 Å². The molecule has 3 aromatic carbocycles. The summed E-state index contributed by atoms with van der Waals surface area (Å²) in [5, 5.41) is 14.4. The number of carbonyl (C=O) groups is 1. The molecule has 0 aliphatic heterocycles. The summed E-state index contributed by atoms with van der Waals surface area (Å²) >= 11 is 18.1. The van der Waals surface area contributed by atoms with Crippen LogP contribution in [0.4, 0.5) is 0 Å². The SMILES string of the molecule is COc1cc(/C=N/NC(=O)c2ccc(O)c(Cl)c2)cc(/C=C/COc2c(Cl)cccc2Cl)c1OC. The molecule has 0 heterocycles. The predicted molar refractivity (Wildman–Crippen MR) is 139 cm³/mol. The lowest BCUT2D eigenvalue weighted by Gasteiger charge is -2.12. The van der Waals surface area contributed by atoms with Gasteiger partial charge >= 0.3 is 0 Å². The Hall–Kier alpha value is -3.39. The number of aromatic hydroxyl groups is 1. The molecule has 0 aliphatic rings. The van der Waals surface area contributed by atoms with Crippen molar-refractivity contribution in [1.82, 2.24) is 5.43 Å². The first-order chi connectivity index (χ1) is 16.8. The summed E-state index contributed by atoms with van der Waals surface area (Å²) in [5.74, 6) is 0.788. The number of nitrogens with zero attached hydrogens (tertiary/aromatic N) is 1. The molecule has 3 rings (SSSR count). The Morgan fingerprint density at radius 2 is 1.74 bits per heavy atom. The number of phenolic OH excluding ortho intramolecular Hbond substituents is 1. The van der Waals surface area contributed by atoms with Gasteiger partial charge in [-0.1, -0.05) is 46.9 Å². The highest BCUT2D eigenvalue weighted by Gasteiger charge is 2.11. The van der Waals surface area contributed by atoms with Crippen LogP contribution in [0.1, 0.15) is 21.5 Å². The van der Waals surface area contributed by atoms with E-state index in [1.54, 1.807) is 42.5 Å². The molecule has 0 fully saturated rings. The third-order valence-electron chi connectivity index (χ3n) is 4.66. The molecule has 0 aliphatic carbocycles. The lowest BCUT2D eigenvalue weighted by molar-refractivity contribution is 0.0955. The Bertz CT molecular complexity index is 1260. The van der Waals surface area contributed by atoms with E-state index >= 15 is 0 Å². The Labute approximate surface area is 217 Å². The highest BCUT2D eigenvalue weighted by Crippen LogP contribution is 2.34. The van der Waals surface area contributed by atoms with Crippen LogP contribution in [0.15, 0.2) is 59.7 Å². The Kier molecular flexibility index (Phi) is 9.25. The first-order valence-electron chi connectivity index (χ1n) is 10.1. The Morgan fingerprint density at radius 1 is 1.00 bits per heavy atom. The molecular formula is C25H21Cl3N2O5. The van der Waals surface area contributed by atoms with E-state index in [1.807, 2.05) is 0 Å². The second-order valence-corrected chi connectivity index (χ2v) is 8.20. The molecule has 0 atom stereocenters. The van der Waals surface area contributed by atoms with E-state index in [0.717, 1.165) is 0 Å². The minimum absolute atomic E-state index is 0.0683. The van der Waals surface area contributed by atoms with Crippen molar-refractivity contribution < 1.29 is 24.1 Å². The summed E-state index contributed by atoms with van der Waals surface area (Å²) in [6.07, 6.45) is 5.02. The van der Waals surface area contributed by atoms with E-state index in [0.29, 0.717) is 38.4 Å². The van der Waals surface area contributed by atoms with Crippen LogP contribution in [0.2, 0.25) is 15.1 Å². The van der Waals surface area contributed by atoms with E-state index in [1.165, 1.54) is 38.6 Å². The van der Waals surface area contributed by atoms with Gasteiger partial charge in [0.1, 0.15) is 12.4 Å². The van der Waals surface area contributed by atoms with Crippen LogP contribution in [0.25, 0.3) is 6.08 Å². The second-order valence-electron chi connectivity index (χ2n) is 6.98. The number of nitrogens with one attached hydrogen (secondary N) is 1. The maximum Gasteiger partial charge on any atom is 0.271 e. The van der Waals surface area contributed by atoms with Gasteiger partial charge in [0.05, 0.1) is 35.5 Å². The second kappa shape index (κ2) is 12.4. The minimum Gasteiger partial charge on any atom is -0.506 e. The van der Waals surface area contributed by atoms with Crippen LogP contribution in [-0.2, 0) is 0 Å². The van der Waals surface area contributed by atoms with Gasteiger partial charge in [0.25, 0.3) is 5.91 Å². The summed E-state index contributed by atoms with van der Waals surface area (Å²) in [7, 11) is 3.05. The molecular weight excluding hydrogens is 515 g/mol. The molecule has 10 heteroatoms. The van der Waals surface area contributed by atoms with E-state index in [-0.39, 0.29) is 22.9 Å². The van der Waals surface area contributed by atoms with E-state index in [4.69, 9.17) is 49.0 Å². The third kappa shape index (κ3) is 6.82. The summed E-state index contributed by atoms with van der Waals surface area (Å²) in [4.78, 5) is 12.3. The number of ether oxygens (including phenoxy) is 3. The van der Waals surface area contributed by atoms with Crippen LogP contribution in [0.5, 0.6) is 23.0 Å². The molecule has 182 valence electrons. The normalized spacial score (nSPS) is 11.1. The number of halogens is 3. The first kappa shape index (κ1) is 26.2. The maximum atomic E-state index is 12.3. The standard InChI is InChI=1S/C25H21Cl3N2O5/c1-33-22-12-15(14-29-30-25(32)17-8-9-21(31)20(28)13-17)11-16(23(22)34-2)5-4-10-35-24-18(26)6-3-7-19(24)27/h3-9,11-14,31H,10H2,1-2H3,(H,30,32)/b5-4+,29-14+. The van der Waals surface area contributed by atoms with Crippen molar-refractivity contribution in [3.05, 3.63) is 86.4 Å². The van der Waals surface area contributed by atoms with Gasteiger partial charge in [-0.25, -0.2) is 5.43 Å².